The first-order valence-corrected chi connectivity index (χ1v) is 4.11. The molecule has 0 saturated carbocycles. The Morgan fingerprint density at radius 2 is 2.00 bits per heavy atom. The molecular formula is C11H12O2. The van der Waals surface area contributed by atoms with Gasteiger partial charge in [0.25, 0.3) is 0 Å². The van der Waals surface area contributed by atoms with E-state index in [2.05, 4.69) is 0 Å². The van der Waals surface area contributed by atoms with E-state index < -0.39 is 0 Å². The molecule has 0 radical (unpaired) electrons. The van der Waals surface area contributed by atoms with E-state index in [9.17, 15) is 4.79 Å². The minimum absolute atomic E-state index is 0.168. The highest BCUT2D eigenvalue weighted by atomic mass is 16.3. The quantitative estimate of drug-likeness (QED) is 0.567. The van der Waals surface area contributed by atoms with Crippen molar-refractivity contribution in [2.75, 3.05) is 0 Å². The second-order valence-electron chi connectivity index (χ2n) is 2.88. The predicted octanol–water partition coefficient (Wildman–Crippen LogP) is 2.43. The number of benzene rings is 1. The summed E-state index contributed by atoms with van der Waals surface area (Å²) >= 11 is 0. The van der Waals surface area contributed by atoms with E-state index in [0.717, 1.165) is 11.8 Å². The monoisotopic (exact) mass is 176 g/mol. The number of carbonyl (C=O) groups excluding carboxylic acids is 1. The maximum Gasteiger partial charge on any atom is 0.131 e. The molecule has 1 aromatic carbocycles. The molecule has 2 heteroatoms. The molecule has 0 aliphatic carbocycles. The van der Waals surface area contributed by atoms with Gasteiger partial charge >= 0.3 is 0 Å². The van der Waals surface area contributed by atoms with Gasteiger partial charge in [0.2, 0.25) is 0 Å². The fourth-order valence-corrected chi connectivity index (χ4v) is 1.15. The minimum atomic E-state index is -0.341. The molecule has 1 N–H and O–H groups in total. The Balaban J connectivity index is 2.92. The third-order valence-electron chi connectivity index (χ3n) is 1.75. The van der Waals surface area contributed by atoms with Crippen LogP contribution in [-0.4, -0.2) is 11.4 Å². The first-order chi connectivity index (χ1) is 6.24. The number of allylic oxidation sites excluding steroid dienone is 2. The van der Waals surface area contributed by atoms with Gasteiger partial charge in [-0.25, -0.2) is 0 Å². The van der Waals surface area contributed by atoms with Gasteiger partial charge in [-0.2, -0.15) is 0 Å². The molecule has 0 aliphatic heterocycles. The molecule has 1 unspecified atom stereocenters. The van der Waals surface area contributed by atoms with Crippen LogP contribution in [0.15, 0.2) is 42.2 Å². The zero-order valence-electron chi connectivity index (χ0n) is 7.47. The molecule has 0 amide bonds. The fourth-order valence-electron chi connectivity index (χ4n) is 1.15. The predicted molar refractivity (Wildman–Crippen MR) is 51.6 cm³/mol. The maximum atomic E-state index is 10.7. The van der Waals surface area contributed by atoms with E-state index in [4.69, 9.17) is 5.11 Å². The van der Waals surface area contributed by atoms with Crippen LogP contribution in [0.25, 0.3) is 0 Å². The third kappa shape index (κ3) is 2.75. The maximum absolute atomic E-state index is 10.7. The molecule has 0 heterocycles. The van der Waals surface area contributed by atoms with Crippen molar-refractivity contribution in [2.24, 2.45) is 0 Å². The van der Waals surface area contributed by atoms with E-state index in [1.165, 1.54) is 6.08 Å². The lowest BCUT2D eigenvalue weighted by Gasteiger charge is -2.04. The van der Waals surface area contributed by atoms with E-state index in [0.29, 0.717) is 0 Å². The van der Waals surface area contributed by atoms with Gasteiger partial charge < -0.3 is 9.90 Å². The molecule has 0 fully saturated rings. The summed E-state index contributed by atoms with van der Waals surface area (Å²) in [5.41, 5.74) is 0.894. The van der Waals surface area contributed by atoms with Crippen LogP contribution in [0.5, 0.6) is 0 Å². The van der Waals surface area contributed by atoms with Crippen molar-refractivity contribution in [3.8, 4) is 0 Å². The highest BCUT2D eigenvalue weighted by Gasteiger charge is 2.05. The molecule has 1 rings (SSSR count). The summed E-state index contributed by atoms with van der Waals surface area (Å²) in [6, 6.07) is 9.34. The van der Waals surface area contributed by atoms with Crippen molar-refractivity contribution in [1.82, 2.24) is 0 Å². The molecule has 0 spiro atoms. The van der Waals surface area contributed by atoms with Crippen LogP contribution in [-0.2, 0) is 4.79 Å². The van der Waals surface area contributed by atoms with Crippen molar-refractivity contribution in [2.45, 2.75) is 12.8 Å². The smallest absolute Gasteiger partial charge is 0.131 e. The van der Waals surface area contributed by atoms with Gasteiger partial charge in [-0.15, -0.1) is 0 Å². The zero-order valence-corrected chi connectivity index (χ0v) is 7.47. The SMILES string of the molecule is C/C(O)=C/C(C=O)c1ccccc1. The standard InChI is InChI=1S/C11H12O2/c1-9(13)7-11(8-12)10-5-3-2-4-6-10/h2-8,11,13H,1H3/b9-7-. The van der Waals surface area contributed by atoms with Crippen LogP contribution >= 0.6 is 0 Å². The van der Waals surface area contributed by atoms with Crippen molar-refractivity contribution < 1.29 is 9.90 Å². The summed E-state index contributed by atoms with van der Waals surface area (Å²) < 4.78 is 0. The second kappa shape index (κ2) is 4.45. The summed E-state index contributed by atoms with van der Waals surface area (Å²) in [7, 11) is 0. The van der Waals surface area contributed by atoms with Gasteiger partial charge in [0.15, 0.2) is 0 Å². The van der Waals surface area contributed by atoms with Crippen LogP contribution in [0.1, 0.15) is 18.4 Å². The van der Waals surface area contributed by atoms with Crippen LogP contribution in [0.4, 0.5) is 0 Å². The summed E-state index contributed by atoms with van der Waals surface area (Å²) in [5.74, 6) is -0.174. The Morgan fingerprint density at radius 1 is 1.38 bits per heavy atom. The number of rotatable bonds is 3. The number of aliphatic hydroxyl groups is 1. The highest BCUT2D eigenvalue weighted by molar-refractivity contribution is 5.65. The summed E-state index contributed by atoms with van der Waals surface area (Å²) in [5, 5.41) is 9.02. The number of aliphatic hydroxyl groups excluding tert-OH is 1. The molecule has 13 heavy (non-hydrogen) atoms. The van der Waals surface area contributed by atoms with Gasteiger partial charge in [-0.1, -0.05) is 30.3 Å². The van der Waals surface area contributed by atoms with Crippen molar-refractivity contribution in [3.05, 3.63) is 47.7 Å². The highest BCUT2D eigenvalue weighted by Crippen LogP contribution is 2.15. The topological polar surface area (TPSA) is 37.3 Å². The minimum Gasteiger partial charge on any atom is -0.513 e. The van der Waals surface area contributed by atoms with Gasteiger partial charge in [0.05, 0.1) is 11.7 Å². The van der Waals surface area contributed by atoms with Crippen molar-refractivity contribution in [1.29, 1.82) is 0 Å². The van der Waals surface area contributed by atoms with Crippen LogP contribution in [0, 0.1) is 0 Å². The Labute approximate surface area is 77.5 Å². The summed E-state index contributed by atoms with van der Waals surface area (Å²) in [6.45, 7) is 1.56. The number of aldehydes is 1. The van der Waals surface area contributed by atoms with Crippen molar-refractivity contribution >= 4 is 6.29 Å². The Kier molecular flexibility index (Phi) is 3.26. The van der Waals surface area contributed by atoms with E-state index in [-0.39, 0.29) is 11.7 Å². The molecule has 0 bridgehead atoms. The molecule has 2 nitrogen and oxygen atoms in total. The first-order valence-electron chi connectivity index (χ1n) is 4.11. The normalized spacial score (nSPS) is 13.8. The van der Waals surface area contributed by atoms with Gasteiger partial charge in [0, 0.05) is 0 Å². The Hall–Kier alpha value is -1.57. The third-order valence-corrected chi connectivity index (χ3v) is 1.75. The Bertz CT molecular complexity index is 297. The lowest BCUT2D eigenvalue weighted by Crippen LogP contribution is -1.96. The van der Waals surface area contributed by atoms with Crippen molar-refractivity contribution in [3.63, 3.8) is 0 Å². The van der Waals surface area contributed by atoms with Crippen LogP contribution < -0.4 is 0 Å². The van der Waals surface area contributed by atoms with E-state index in [1.807, 2.05) is 30.3 Å². The largest absolute Gasteiger partial charge is 0.513 e. The lowest BCUT2D eigenvalue weighted by molar-refractivity contribution is -0.108. The first kappa shape index (κ1) is 9.52. The van der Waals surface area contributed by atoms with Crippen LogP contribution in [0.2, 0.25) is 0 Å². The number of hydrogen-bond acceptors (Lipinski definition) is 2. The van der Waals surface area contributed by atoms with Crippen LogP contribution in [0.3, 0.4) is 0 Å². The molecule has 1 atom stereocenters. The Morgan fingerprint density at radius 3 is 2.46 bits per heavy atom. The molecule has 0 aliphatic rings. The lowest BCUT2D eigenvalue weighted by atomic mass is 10.0. The number of carbonyl (C=O) groups is 1. The average Bonchev–Trinajstić information content (AvgIpc) is 2.15. The number of hydrogen-bond donors (Lipinski definition) is 1. The fraction of sp³-hybridized carbons (Fsp3) is 0.182. The van der Waals surface area contributed by atoms with Gasteiger partial charge in [-0.3, -0.25) is 0 Å². The second-order valence-corrected chi connectivity index (χ2v) is 2.88. The summed E-state index contributed by atoms with van der Waals surface area (Å²) in [6.07, 6.45) is 2.34. The molecule has 1 aromatic rings. The molecular weight excluding hydrogens is 164 g/mol. The molecule has 68 valence electrons. The zero-order chi connectivity index (χ0) is 9.68. The van der Waals surface area contributed by atoms with E-state index >= 15 is 0 Å². The molecule has 0 aromatic heterocycles. The average molecular weight is 176 g/mol. The van der Waals surface area contributed by atoms with Gasteiger partial charge in [0.1, 0.15) is 6.29 Å². The van der Waals surface area contributed by atoms with E-state index in [1.54, 1.807) is 6.92 Å². The van der Waals surface area contributed by atoms with Gasteiger partial charge in [-0.05, 0) is 18.6 Å². The summed E-state index contributed by atoms with van der Waals surface area (Å²) in [4.78, 5) is 10.7. The molecule has 0 saturated heterocycles.